The number of phenols is 1. The number of hydrogen-bond donors (Lipinski definition) is 3. The topological polar surface area (TPSA) is 90.8 Å². The lowest BCUT2D eigenvalue weighted by Crippen LogP contribution is -2.41. The number of nitrogens with zero attached hydrogens (tertiary/aromatic N) is 1. The molecule has 0 fully saturated rings. The minimum absolute atomic E-state index is 0.0562. The van der Waals surface area contributed by atoms with E-state index in [4.69, 9.17) is 5.11 Å². The molecule has 19 heavy (non-hydrogen) atoms. The van der Waals surface area contributed by atoms with E-state index < -0.39 is 11.8 Å². The molecule has 0 radical (unpaired) electrons. The highest BCUT2D eigenvalue weighted by Crippen LogP contribution is 2.07. The van der Waals surface area contributed by atoms with Crippen LogP contribution in [0.1, 0.15) is 25.8 Å². The van der Waals surface area contributed by atoms with Gasteiger partial charge in [-0.1, -0.05) is 6.92 Å². The Kier molecular flexibility index (Phi) is 5.53. The number of phenolic OH excluding ortho intramolecular Hbond substituents is 1. The molecule has 0 aliphatic heterocycles. The average Bonchev–Trinajstić information content (AvgIpc) is 2.40. The van der Waals surface area contributed by atoms with Gasteiger partial charge in [0.05, 0.1) is 6.21 Å². The van der Waals surface area contributed by atoms with Crippen molar-refractivity contribution in [2.24, 2.45) is 5.10 Å². The van der Waals surface area contributed by atoms with E-state index in [1.807, 2.05) is 13.8 Å². The van der Waals surface area contributed by atoms with Crippen LogP contribution >= 0.6 is 0 Å². The first-order valence-electron chi connectivity index (χ1n) is 5.96. The van der Waals surface area contributed by atoms with Crippen LogP contribution in [0.15, 0.2) is 29.4 Å². The number of amides is 2. The van der Waals surface area contributed by atoms with Crippen molar-refractivity contribution in [1.29, 1.82) is 0 Å². The highest BCUT2D eigenvalue weighted by Gasteiger charge is 2.14. The van der Waals surface area contributed by atoms with E-state index in [0.717, 1.165) is 6.42 Å². The van der Waals surface area contributed by atoms with Crippen molar-refractivity contribution in [2.45, 2.75) is 26.3 Å². The molecule has 102 valence electrons. The van der Waals surface area contributed by atoms with Crippen LogP contribution in [0, 0.1) is 0 Å². The van der Waals surface area contributed by atoms with Gasteiger partial charge in [-0.2, -0.15) is 5.10 Å². The maximum Gasteiger partial charge on any atom is 0.329 e. The van der Waals surface area contributed by atoms with E-state index in [9.17, 15) is 9.59 Å². The highest BCUT2D eigenvalue weighted by molar-refractivity contribution is 6.35. The Morgan fingerprint density at radius 3 is 2.53 bits per heavy atom. The zero-order chi connectivity index (χ0) is 14.3. The molecule has 0 aromatic heterocycles. The van der Waals surface area contributed by atoms with Gasteiger partial charge >= 0.3 is 11.8 Å². The molecule has 1 rings (SSSR count). The Balaban J connectivity index is 2.45. The molecule has 6 nitrogen and oxygen atoms in total. The monoisotopic (exact) mass is 263 g/mol. The van der Waals surface area contributed by atoms with Gasteiger partial charge in [0.15, 0.2) is 0 Å². The quantitative estimate of drug-likeness (QED) is 0.425. The Labute approximate surface area is 111 Å². The van der Waals surface area contributed by atoms with Crippen LogP contribution in [0.25, 0.3) is 0 Å². The summed E-state index contributed by atoms with van der Waals surface area (Å²) in [6.07, 6.45) is 2.13. The normalized spacial score (nSPS) is 12.1. The fourth-order valence-electron chi connectivity index (χ4n) is 1.17. The third kappa shape index (κ3) is 5.20. The molecule has 2 amide bonds. The number of aromatic hydroxyl groups is 1. The molecule has 1 aromatic carbocycles. The summed E-state index contributed by atoms with van der Waals surface area (Å²) < 4.78 is 0. The van der Waals surface area contributed by atoms with Gasteiger partial charge in [-0.05, 0) is 43.2 Å². The van der Waals surface area contributed by atoms with Crippen LogP contribution in [-0.4, -0.2) is 29.2 Å². The number of hydrogen-bond acceptors (Lipinski definition) is 4. The van der Waals surface area contributed by atoms with Crippen molar-refractivity contribution in [3.8, 4) is 5.75 Å². The lowest BCUT2D eigenvalue weighted by Gasteiger charge is -2.09. The maximum absolute atomic E-state index is 11.4. The molecule has 6 heteroatoms. The fraction of sp³-hybridized carbons (Fsp3) is 0.308. The zero-order valence-electron chi connectivity index (χ0n) is 10.9. The average molecular weight is 263 g/mol. The van der Waals surface area contributed by atoms with E-state index in [-0.39, 0.29) is 11.8 Å². The standard InChI is InChI=1S/C13H17N3O3/c1-3-9(2)15-12(18)13(19)16-14-8-10-4-6-11(17)7-5-10/h4-9,17H,3H2,1-2H3,(H,15,18)(H,16,19)/b14-8-/t9-/m0/s1. The van der Waals surface area contributed by atoms with Gasteiger partial charge in [0.2, 0.25) is 0 Å². The SMILES string of the molecule is CC[C@H](C)NC(=O)C(=O)N/N=C\c1ccc(O)cc1. The molecular formula is C13H17N3O3. The van der Waals surface area contributed by atoms with Crippen molar-refractivity contribution in [1.82, 2.24) is 10.7 Å². The molecule has 0 spiro atoms. The molecule has 0 heterocycles. The number of benzene rings is 1. The summed E-state index contributed by atoms with van der Waals surface area (Å²) in [4.78, 5) is 22.7. The highest BCUT2D eigenvalue weighted by atomic mass is 16.3. The minimum atomic E-state index is -0.810. The summed E-state index contributed by atoms with van der Waals surface area (Å²) in [5.41, 5.74) is 2.83. The first-order valence-corrected chi connectivity index (χ1v) is 5.96. The molecule has 1 aromatic rings. The molecule has 1 atom stereocenters. The lowest BCUT2D eigenvalue weighted by molar-refractivity contribution is -0.139. The predicted molar refractivity (Wildman–Crippen MR) is 71.7 cm³/mol. The van der Waals surface area contributed by atoms with Crippen LogP contribution in [0.2, 0.25) is 0 Å². The number of carbonyl (C=O) groups excluding carboxylic acids is 2. The molecule has 0 aliphatic rings. The molecule has 0 saturated heterocycles. The van der Waals surface area contributed by atoms with Crippen LogP contribution < -0.4 is 10.7 Å². The largest absolute Gasteiger partial charge is 0.508 e. The second-order valence-corrected chi connectivity index (χ2v) is 4.07. The fourth-order valence-corrected chi connectivity index (χ4v) is 1.17. The van der Waals surface area contributed by atoms with Crippen molar-refractivity contribution in [2.75, 3.05) is 0 Å². The molecular weight excluding hydrogens is 246 g/mol. The van der Waals surface area contributed by atoms with E-state index in [1.165, 1.54) is 18.3 Å². The Morgan fingerprint density at radius 1 is 1.32 bits per heavy atom. The number of carbonyl (C=O) groups is 2. The molecule has 3 N–H and O–H groups in total. The van der Waals surface area contributed by atoms with E-state index in [2.05, 4.69) is 15.8 Å². The summed E-state index contributed by atoms with van der Waals surface area (Å²) in [6.45, 7) is 3.72. The predicted octanol–water partition coefficient (Wildman–Crippen LogP) is 0.757. The van der Waals surface area contributed by atoms with Gasteiger partial charge in [0, 0.05) is 6.04 Å². The third-order valence-corrected chi connectivity index (χ3v) is 2.47. The van der Waals surface area contributed by atoms with Crippen molar-refractivity contribution in [3.05, 3.63) is 29.8 Å². The van der Waals surface area contributed by atoms with E-state index in [1.54, 1.807) is 12.1 Å². The maximum atomic E-state index is 11.4. The van der Waals surface area contributed by atoms with Gasteiger partial charge in [0.25, 0.3) is 0 Å². The summed E-state index contributed by atoms with van der Waals surface area (Å²) >= 11 is 0. The molecule has 0 bridgehead atoms. The Bertz CT molecular complexity index is 469. The first kappa shape index (κ1) is 14.7. The third-order valence-electron chi connectivity index (χ3n) is 2.47. The van der Waals surface area contributed by atoms with Crippen molar-refractivity contribution in [3.63, 3.8) is 0 Å². The van der Waals surface area contributed by atoms with Crippen molar-refractivity contribution < 1.29 is 14.7 Å². The van der Waals surface area contributed by atoms with Gasteiger partial charge < -0.3 is 10.4 Å². The zero-order valence-corrected chi connectivity index (χ0v) is 10.9. The second kappa shape index (κ2) is 7.15. The first-order chi connectivity index (χ1) is 9.02. The summed E-state index contributed by atoms with van der Waals surface area (Å²) in [7, 11) is 0. The van der Waals surface area contributed by atoms with Crippen molar-refractivity contribution >= 4 is 18.0 Å². The van der Waals surface area contributed by atoms with E-state index in [0.29, 0.717) is 5.56 Å². The van der Waals surface area contributed by atoms with Gasteiger partial charge in [-0.25, -0.2) is 5.43 Å². The summed E-state index contributed by atoms with van der Waals surface area (Å²) in [5, 5.41) is 15.3. The molecule has 0 aliphatic carbocycles. The van der Waals surface area contributed by atoms with Crippen LogP contribution in [0.3, 0.4) is 0 Å². The smallest absolute Gasteiger partial charge is 0.329 e. The van der Waals surface area contributed by atoms with Crippen LogP contribution in [0.5, 0.6) is 5.75 Å². The second-order valence-electron chi connectivity index (χ2n) is 4.07. The van der Waals surface area contributed by atoms with Crippen LogP contribution in [0.4, 0.5) is 0 Å². The van der Waals surface area contributed by atoms with Gasteiger partial charge in [0.1, 0.15) is 5.75 Å². The van der Waals surface area contributed by atoms with Crippen LogP contribution in [-0.2, 0) is 9.59 Å². The van der Waals surface area contributed by atoms with Gasteiger partial charge in [-0.15, -0.1) is 0 Å². The Morgan fingerprint density at radius 2 is 1.95 bits per heavy atom. The minimum Gasteiger partial charge on any atom is -0.508 e. The number of rotatable bonds is 4. The summed E-state index contributed by atoms with van der Waals surface area (Å²) in [5.74, 6) is -1.37. The lowest BCUT2D eigenvalue weighted by atomic mass is 10.2. The molecule has 0 unspecified atom stereocenters. The molecule has 0 saturated carbocycles. The number of nitrogens with one attached hydrogen (secondary N) is 2. The number of hydrazone groups is 1. The summed E-state index contributed by atoms with van der Waals surface area (Å²) in [6, 6.07) is 6.20. The van der Waals surface area contributed by atoms with Gasteiger partial charge in [-0.3, -0.25) is 9.59 Å². The van der Waals surface area contributed by atoms with E-state index >= 15 is 0 Å². The Hall–Kier alpha value is -2.37.